The predicted molar refractivity (Wildman–Crippen MR) is 90.9 cm³/mol. The van der Waals surface area contributed by atoms with Gasteiger partial charge in [-0.15, -0.1) is 0 Å². The molecule has 1 N–H and O–H groups in total. The van der Waals surface area contributed by atoms with Gasteiger partial charge in [0.25, 0.3) is 5.91 Å². The molecule has 2 aromatic rings. The van der Waals surface area contributed by atoms with Crippen molar-refractivity contribution < 1.29 is 9.53 Å². The summed E-state index contributed by atoms with van der Waals surface area (Å²) in [4.78, 5) is 18.3. The molecule has 122 valence electrons. The Balaban J connectivity index is 1.67. The lowest BCUT2D eigenvalue weighted by molar-refractivity contribution is -0.0586. The summed E-state index contributed by atoms with van der Waals surface area (Å²) in [6.45, 7) is 5.41. The van der Waals surface area contributed by atoms with Crippen LogP contribution in [0.15, 0.2) is 18.2 Å². The van der Waals surface area contributed by atoms with Gasteiger partial charge in [0, 0.05) is 35.2 Å². The number of nitrogens with one attached hydrogen (secondary N) is 1. The number of benzene rings is 1. The highest BCUT2D eigenvalue weighted by Crippen LogP contribution is 2.30. The number of rotatable bonds is 1. The Hall–Kier alpha value is -1.81. The first kappa shape index (κ1) is 14.8. The van der Waals surface area contributed by atoms with Gasteiger partial charge in [0.15, 0.2) is 0 Å². The number of carbonyl (C=O) groups is 1. The standard InChI is InChI=1S/C19H24N2O2/c1-12-10-21(11-13(2)23-12)19(22)14-7-8-18-16(9-14)15-5-3-4-6-17(15)20-18/h7-9,12-13,20H,3-6,10-11H2,1-2H3/t12-,13-/m1/s1. The van der Waals surface area contributed by atoms with Gasteiger partial charge >= 0.3 is 0 Å². The van der Waals surface area contributed by atoms with Crippen molar-refractivity contribution in [3.8, 4) is 0 Å². The van der Waals surface area contributed by atoms with Crippen LogP contribution >= 0.6 is 0 Å². The Labute approximate surface area is 136 Å². The van der Waals surface area contributed by atoms with E-state index in [0.29, 0.717) is 13.1 Å². The molecule has 4 nitrogen and oxygen atoms in total. The molecule has 2 heterocycles. The molecule has 0 radical (unpaired) electrons. The van der Waals surface area contributed by atoms with E-state index in [2.05, 4.69) is 17.1 Å². The summed E-state index contributed by atoms with van der Waals surface area (Å²) >= 11 is 0. The largest absolute Gasteiger partial charge is 0.372 e. The number of aromatic amines is 1. The van der Waals surface area contributed by atoms with E-state index in [4.69, 9.17) is 4.74 Å². The van der Waals surface area contributed by atoms with Gasteiger partial charge in [0.2, 0.25) is 0 Å². The number of hydrogen-bond donors (Lipinski definition) is 1. The van der Waals surface area contributed by atoms with Crippen LogP contribution in [0.3, 0.4) is 0 Å². The Bertz CT molecular complexity index is 739. The fourth-order valence-corrected chi connectivity index (χ4v) is 4.07. The molecule has 1 saturated heterocycles. The maximum absolute atomic E-state index is 12.9. The number of ether oxygens (including phenoxy) is 1. The van der Waals surface area contributed by atoms with E-state index in [1.807, 2.05) is 24.8 Å². The number of carbonyl (C=O) groups excluding carboxylic acids is 1. The number of amides is 1. The summed E-state index contributed by atoms with van der Waals surface area (Å²) in [5.74, 6) is 0.125. The van der Waals surface area contributed by atoms with Gasteiger partial charge in [-0.3, -0.25) is 4.79 Å². The minimum Gasteiger partial charge on any atom is -0.372 e. The first-order valence-corrected chi connectivity index (χ1v) is 8.70. The van der Waals surface area contributed by atoms with Gasteiger partial charge in [-0.25, -0.2) is 0 Å². The number of fused-ring (bicyclic) bond motifs is 3. The van der Waals surface area contributed by atoms with Crippen molar-refractivity contribution in [2.45, 2.75) is 51.7 Å². The van der Waals surface area contributed by atoms with Gasteiger partial charge in [0.1, 0.15) is 0 Å². The predicted octanol–water partition coefficient (Wildman–Crippen LogP) is 3.30. The molecule has 0 bridgehead atoms. The minimum atomic E-state index is 0.103. The van der Waals surface area contributed by atoms with Crippen molar-refractivity contribution in [2.75, 3.05) is 13.1 Å². The number of H-pyrrole nitrogens is 1. The second kappa shape index (κ2) is 5.68. The molecule has 2 aliphatic rings. The molecule has 4 heteroatoms. The van der Waals surface area contributed by atoms with Gasteiger partial charge in [-0.05, 0) is 63.3 Å². The third-order valence-corrected chi connectivity index (χ3v) is 5.05. The highest BCUT2D eigenvalue weighted by molar-refractivity contribution is 5.99. The summed E-state index contributed by atoms with van der Waals surface area (Å²) < 4.78 is 5.74. The molecule has 1 aliphatic heterocycles. The molecular formula is C19H24N2O2. The molecule has 2 atom stereocenters. The molecular weight excluding hydrogens is 288 g/mol. The molecule has 1 amide bonds. The zero-order valence-electron chi connectivity index (χ0n) is 13.9. The molecule has 1 fully saturated rings. The number of nitrogens with zero attached hydrogens (tertiary/aromatic N) is 1. The quantitative estimate of drug-likeness (QED) is 0.878. The lowest BCUT2D eigenvalue weighted by Gasteiger charge is -2.35. The van der Waals surface area contributed by atoms with Crippen LogP contribution in [0.2, 0.25) is 0 Å². The van der Waals surface area contributed by atoms with E-state index in [1.165, 1.54) is 29.5 Å². The lowest BCUT2D eigenvalue weighted by atomic mass is 9.95. The fraction of sp³-hybridized carbons (Fsp3) is 0.526. The SMILES string of the molecule is C[C@@H]1CN(C(=O)c2ccc3[nH]c4c(c3c2)CCCC4)C[C@@H](C)O1. The van der Waals surface area contributed by atoms with E-state index in [-0.39, 0.29) is 18.1 Å². The Morgan fingerprint density at radius 3 is 2.70 bits per heavy atom. The molecule has 1 aliphatic carbocycles. The van der Waals surface area contributed by atoms with Crippen LogP contribution in [-0.2, 0) is 17.6 Å². The van der Waals surface area contributed by atoms with E-state index < -0.39 is 0 Å². The molecule has 0 unspecified atom stereocenters. The summed E-state index contributed by atoms with van der Waals surface area (Å²) in [5, 5.41) is 1.24. The third kappa shape index (κ3) is 2.65. The molecule has 4 rings (SSSR count). The zero-order valence-corrected chi connectivity index (χ0v) is 13.9. The van der Waals surface area contributed by atoms with Crippen molar-refractivity contribution in [3.05, 3.63) is 35.0 Å². The van der Waals surface area contributed by atoms with Crippen molar-refractivity contribution in [2.24, 2.45) is 0 Å². The van der Waals surface area contributed by atoms with Gasteiger partial charge in [-0.1, -0.05) is 0 Å². The summed E-state index contributed by atoms with van der Waals surface area (Å²) in [6.07, 6.45) is 4.97. The topological polar surface area (TPSA) is 45.3 Å². The normalized spacial score (nSPS) is 24.7. The lowest BCUT2D eigenvalue weighted by Crippen LogP contribution is -2.48. The maximum atomic E-state index is 12.9. The Morgan fingerprint density at radius 2 is 1.91 bits per heavy atom. The van der Waals surface area contributed by atoms with Crippen LogP contribution < -0.4 is 0 Å². The van der Waals surface area contributed by atoms with Crippen molar-refractivity contribution in [1.82, 2.24) is 9.88 Å². The second-order valence-corrected chi connectivity index (χ2v) is 7.02. The van der Waals surface area contributed by atoms with Crippen LogP contribution in [0.5, 0.6) is 0 Å². The summed E-state index contributed by atoms with van der Waals surface area (Å²) in [6, 6.07) is 6.11. The monoisotopic (exact) mass is 312 g/mol. The number of aryl methyl sites for hydroxylation is 2. The van der Waals surface area contributed by atoms with Crippen molar-refractivity contribution in [3.63, 3.8) is 0 Å². The second-order valence-electron chi connectivity index (χ2n) is 7.02. The zero-order chi connectivity index (χ0) is 16.0. The van der Waals surface area contributed by atoms with E-state index in [1.54, 1.807) is 0 Å². The van der Waals surface area contributed by atoms with E-state index in [0.717, 1.165) is 23.9 Å². The molecule has 0 spiro atoms. The van der Waals surface area contributed by atoms with Crippen LogP contribution in [0, 0.1) is 0 Å². The first-order valence-electron chi connectivity index (χ1n) is 8.70. The van der Waals surface area contributed by atoms with Crippen LogP contribution in [0.25, 0.3) is 10.9 Å². The smallest absolute Gasteiger partial charge is 0.254 e. The van der Waals surface area contributed by atoms with Gasteiger partial charge in [0.05, 0.1) is 12.2 Å². The number of morpholine rings is 1. The summed E-state index contributed by atoms with van der Waals surface area (Å²) in [7, 11) is 0. The third-order valence-electron chi connectivity index (χ3n) is 5.05. The van der Waals surface area contributed by atoms with E-state index >= 15 is 0 Å². The number of hydrogen-bond acceptors (Lipinski definition) is 2. The maximum Gasteiger partial charge on any atom is 0.254 e. The number of aromatic nitrogens is 1. The molecule has 0 saturated carbocycles. The van der Waals surface area contributed by atoms with Gasteiger partial charge < -0.3 is 14.6 Å². The highest BCUT2D eigenvalue weighted by Gasteiger charge is 2.27. The molecule has 1 aromatic carbocycles. The molecule has 1 aromatic heterocycles. The van der Waals surface area contributed by atoms with Crippen molar-refractivity contribution >= 4 is 16.8 Å². The minimum absolute atomic E-state index is 0.103. The Kier molecular flexibility index (Phi) is 3.64. The van der Waals surface area contributed by atoms with Crippen molar-refractivity contribution in [1.29, 1.82) is 0 Å². The van der Waals surface area contributed by atoms with Crippen LogP contribution in [-0.4, -0.2) is 41.1 Å². The van der Waals surface area contributed by atoms with Gasteiger partial charge in [-0.2, -0.15) is 0 Å². The fourth-order valence-electron chi connectivity index (χ4n) is 4.07. The van der Waals surface area contributed by atoms with Crippen LogP contribution in [0.4, 0.5) is 0 Å². The first-order chi connectivity index (χ1) is 11.1. The average molecular weight is 312 g/mol. The van der Waals surface area contributed by atoms with E-state index in [9.17, 15) is 4.79 Å². The average Bonchev–Trinajstić information content (AvgIpc) is 2.91. The molecule has 23 heavy (non-hydrogen) atoms. The van der Waals surface area contributed by atoms with Crippen LogP contribution in [0.1, 0.15) is 48.3 Å². The summed E-state index contributed by atoms with van der Waals surface area (Å²) in [5.41, 5.74) is 4.75. The Morgan fingerprint density at radius 1 is 1.17 bits per heavy atom. The highest BCUT2D eigenvalue weighted by atomic mass is 16.5.